The van der Waals surface area contributed by atoms with Crippen molar-refractivity contribution in [1.82, 2.24) is 15.3 Å². The van der Waals surface area contributed by atoms with Gasteiger partial charge in [0.15, 0.2) is 0 Å². The minimum Gasteiger partial charge on any atom is -0.380 e. The first kappa shape index (κ1) is 13.1. The van der Waals surface area contributed by atoms with E-state index in [9.17, 15) is 0 Å². The Kier molecular flexibility index (Phi) is 5.96. The molecule has 0 aliphatic heterocycles. The molecular weight excluding hydrogens is 202 g/mol. The number of hydrogen-bond acceptors (Lipinski definition) is 4. The highest BCUT2D eigenvalue weighted by Crippen LogP contribution is 2.03. The van der Waals surface area contributed by atoms with Gasteiger partial charge in [0.05, 0.1) is 12.3 Å². The summed E-state index contributed by atoms with van der Waals surface area (Å²) >= 11 is 0. The van der Waals surface area contributed by atoms with Gasteiger partial charge in [0.1, 0.15) is 6.33 Å². The first-order valence-corrected chi connectivity index (χ1v) is 5.80. The Labute approximate surface area is 97.5 Å². The molecule has 0 fully saturated rings. The number of nitrogens with one attached hydrogen (secondary N) is 1. The second-order valence-electron chi connectivity index (χ2n) is 4.09. The van der Waals surface area contributed by atoms with Gasteiger partial charge in [-0.25, -0.2) is 9.97 Å². The van der Waals surface area contributed by atoms with Crippen molar-refractivity contribution >= 4 is 0 Å². The van der Waals surface area contributed by atoms with Crippen molar-refractivity contribution in [3.05, 3.63) is 24.3 Å². The van der Waals surface area contributed by atoms with E-state index in [2.05, 4.69) is 29.1 Å². The van der Waals surface area contributed by atoms with Crippen molar-refractivity contribution in [2.75, 3.05) is 13.2 Å². The Morgan fingerprint density at radius 3 is 2.81 bits per heavy atom. The lowest BCUT2D eigenvalue weighted by atomic mass is 10.1. The minimum atomic E-state index is 0.370. The van der Waals surface area contributed by atoms with Gasteiger partial charge in [-0.15, -0.1) is 0 Å². The van der Waals surface area contributed by atoms with E-state index in [0.29, 0.717) is 12.0 Å². The molecule has 4 heteroatoms. The van der Waals surface area contributed by atoms with Gasteiger partial charge < -0.3 is 10.1 Å². The van der Waals surface area contributed by atoms with E-state index in [-0.39, 0.29) is 0 Å². The maximum absolute atomic E-state index is 5.45. The topological polar surface area (TPSA) is 47.0 Å². The van der Waals surface area contributed by atoms with Gasteiger partial charge in [-0.3, -0.25) is 0 Å². The van der Waals surface area contributed by atoms with Crippen molar-refractivity contribution in [3.63, 3.8) is 0 Å². The van der Waals surface area contributed by atoms with Gasteiger partial charge in [0, 0.05) is 25.4 Å². The molecular formula is C12H21N3O. The summed E-state index contributed by atoms with van der Waals surface area (Å²) in [6.07, 6.45) is 3.33. The van der Waals surface area contributed by atoms with Gasteiger partial charge in [0.2, 0.25) is 0 Å². The molecule has 0 aliphatic carbocycles. The average molecular weight is 223 g/mol. The van der Waals surface area contributed by atoms with E-state index >= 15 is 0 Å². The normalized spacial score (nSPS) is 13.0. The fourth-order valence-electron chi connectivity index (χ4n) is 1.39. The van der Waals surface area contributed by atoms with Crippen LogP contribution in [0.1, 0.15) is 26.5 Å². The molecule has 0 aliphatic rings. The van der Waals surface area contributed by atoms with Crippen LogP contribution in [0.4, 0.5) is 0 Å². The summed E-state index contributed by atoms with van der Waals surface area (Å²) in [7, 11) is 0. The third-order valence-corrected chi connectivity index (χ3v) is 2.49. The molecule has 0 aromatic carbocycles. The van der Waals surface area contributed by atoms with E-state index in [1.165, 1.54) is 0 Å². The number of ether oxygens (including phenoxy) is 1. The highest BCUT2D eigenvalue weighted by atomic mass is 16.5. The van der Waals surface area contributed by atoms with Crippen LogP contribution >= 0.6 is 0 Å². The predicted octanol–water partition coefficient (Wildman–Crippen LogP) is 1.63. The predicted molar refractivity (Wildman–Crippen MR) is 64.0 cm³/mol. The van der Waals surface area contributed by atoms with E-state index < -0.39 is 0 Å². The van der Waals surface area contributed by atoms with Gasteiger partial charge in [0.25, 0.3) is 0 Å². The van der Waals surface area contributed by atoms with Gasteiger partial charge in [-0.1, -0.05) is 13.8 Å². The van der Waals surface area contributed by atoms with Gasteiger partial charge in [-0.05, 0) is 18.9 Å². The van der Waals surface area contributed by atoms with Crippen molar-refractivity contribution < 1.29 is 4.74 Å². The first-order chi connectivity index (χ1) is 7.74. The molecule has 0 amide bonds. The summed E-state index contributed by atoms with van der Waals surface area (Å²) < 4.78 is 5.45. The van der Waals surface area contributed by atoms with E-state index in [1.54, 1.807) is 12.5 Å². The lowest BCUT2D eigenvalue weighted by molar-refractivity contribution is 0.107. The number of rotatable bonds is 7. The van der Waals surface area contributed by atoms with Crippen LogP contribution in [0.15, 0.2) is 18.6 Å². The number of aromatic nitrogens is 2. The molecule has 16 heavy (non-hydrogen) atoms. The molecule has 0 saturated carbocycles. The summed E-state index contributed by atoms with van der Waals surface area (Å²) in [5.41, 5.74) is 1.01. The quantitative estimate of drug-likeness (QED) is 0.763. The molecule has 0 spiro atoms. The Morgan fingerprint density at radius 2 is 2.25 bits per heavy atom. The van der Waals surface area contributed by atoms with Gasteiger partial charge >= 0.3 is 0 Å². The Balaban J connectivity index is 2.38. The molecule has 4 nitrogen and oxygen atoms in total. The smallest absolute Gasteiger partial charge is 0.115 e. The summed E-state index contributed by atoms with van der Waals surface area (Å²) in [6.45, 7) is 8.67. The second-order valence-corrected chi connectivity index (χ2v) is 4.09. The lowest BCUT2D eigenvalue weighted by Gasteiger charge is -2.21. The van der Waals surface area contributed by atoms with Crippen LogP contribution in [0.25, 0.3) is 0 Å². The van der Waals surface area contributed by atoms with E-state index in [1.807, 2.05) is 13.0 Å². The van der Waals surface area contributed by atoms with Crippen LogP contribution in [0.5, 0.6) is 0 Å². The lowest BCUT2D eigenvalue weighted by Crippen LogP contribution is -2.37. The van der Waals surface area contributed by atoms with Crippen LogP contribution < -0.4 is 5.32 Å². The van der Waals surface area contributed by atoms with Crippen LogP contribution in [0.2, 0.25) is 0 Å². The fraction of sp³-hybridized carbons (Fsp3) is 0.667. The van der Waals surface area contributed by atoms with Crippen LogP contribution in [0, 0.1) is 5.92 Å². The summed E-state index contributed by atoms with van der Waals surface area (Å²) in [4.78, 5) is 8.07. The van der Waals surface area contributed by atoms with Crippen LogP contribution in [0.3, 0.4) is 0 Å². The highest BCUT2D eigenvalue weighted by molar-refractivity contribution is 4.97. The van der Waals surface area contributed by atoms with Crippen molar-refractivity contribution in [2.45, 2.75) is 33.4 Å². The van der Waals surface area contributed by atoms with Crippen molar-refractivity contribution in [2.24, 2.45) is 5.92 Å². The number of nitrogens with zero attached hydrogens (tertiary/aromatic N) is 2. The van der Waals surface area contributed by atoms with E-state index in [0.717, 1.165) is 25.5 Å². The maximum Gasteiger partial charge on any atom is 0.115 e. The first-order valence-electron chi connectivity index (χ1n) is 5.80. The molecule has 1 unspecified atom stereocenters. The molecule has 1 atom stereocenters. The molecule has 1 rings (SSSR count). The molecule has 1 heterocycles. The molecule has 1 aromatic rings. The molecule has 0 bridgehead atoms. The molecule has 90 valence electrons. The zero-order valence-corrected chi connectivity index (χ0v) is 10.3. The van der Waals surface area contributed by atoms with Crippen molar-refractivity contribution in [3.8, 4) is 0 Å². The summed E-state index contributed by atoms with van der Waals surface area (Å²) in [5, 5.41) is 3.46. The van der Waals surface area contributed by atoms with Crippen LogP contribution in [-0.2, 0) is 11.3 Å². The fourth-order valence-corrected chi connectivity index (χ4v) is 1.39. The van der Waals surface area contributed by atoms with Gasteiger partial charge in [-0.2, -0.15) is 0 Å². The standard InChI is InChI=1S/C12H21N3O/c1-4-16-8-12(10(2)3)14-7-11-5-6-13-9-15-11/h5-6,9-10,12,14H,4,7-8H2,1-3H3. The zero-order chi connectivity index (χ0) is 11.8. The largest absolute Gasteiger partial charge is 0.380 e. The summed E-state index contributed by atoms with van der Waals surface area (Å²) in [5.74, 6) is 0.549. The third-order valence-electron chi connectivity index (χ3n) is 2.49. The van der Waals surface area contributed by atoms with Crippen molar-refractivity contribution in [1.29, 1.82) is 0 Å². The maximum atomic E-state index is 5.45. The zero-order valence-electron chi connectivity index (χ0n) is 10.3. The van der Waals surface area contributed by atoms with E-state index in [4.69, 9.17) is 4.74 Å². The number of hydrogen-bond donors (Lipinski definition) is 1. The third kappa shape index (κ3) is 4.68. The SMILES string of the molecule is CCOCC(NCc1ccncn1)C(C)C. The monoisotopic (exact) mass is 223 g/mol. The Bertz CT molecular complexity index is 277. The molecule has 0 saturated heterocycles. The summed E-state index contributed by atoms with van der Waals surface area (Å²) in [6, 6.07) is 2.29. The van der Waals surface area contributed by atoms with Crippen LogP contribution in [-0.4, -0.2) is 29.2 Å². The Morgan fingerprint density at radius 1 is 1.44 bits per heavy atom. The minimum absolute atomic E-state index is 0.370. The second kappa shape index (κ2) is 7.30. The molecule has 1 aromatic heterocycles. The molecule has 0 radical (unpaired) electrons. The highest BCUT2D eigenvalue weighted by Gasteiger charge is 2.12. The Hall–Kier alpha value is -1.00. The average Bonchev–Trinajstić information content (AvgIpc) is 2.30. The molecule has 1 N–H and O–H groups in total.